The summed E-state index contributed by atoms with van der Waals surface area (Å²) in [5.74, 6) is 0.582. The molecule has 0 aliphatic carbocycles. The number of methoxy groups -OCH3 is 2. The quantitative estimate of drug-likeness (QED) is 0.0396. The van der Waals surface area contributed by atoms with Crippen LogP contribution in [0.25, 0.3) is 22.5 Å². The molecule has 7 aliphatic rings. The number of hydrogen-bond acceptors (Lipinski definition) is 22. The van der Waals surface area contributed by atoms with Crippen LogP contribution in [0.2, 0.25) is 10.0 Å². The summed E-state index contributed by atoms with van der Waals surface area (Å²) in [6.07, 6.45) is 8.01. The van der Waals surface area contributed by atoms with Crippen LogP contribution in [0.3, 0.4) is 0 Å². The Hall–Kier alpha value is -9.34. The summed E-state index contributed by atoms with van der Waals surface area (Å²) in [4.78, 5) is 105. The molecule has 4 aromatic heterocycles. The highest BCUT2D eigenvalue weighted by Gasteiger charge is 2.45. The number of benzene rings is 4. The van der Waals surface area contributed by atoms with Crippen molar-refractivity contribution in [1.82, 2.24) is 69.9 Å². The zero-order valence-corrected chi connectivity index (χ0v) is 61.0. The molecule has 0 spiro atoms. The van der Waals surface area contributed by atoms with Gasteiger partial charge in [-0.15, -0.1) is 22.7 Å². The zero-order chi connectivity index (χ0) is 72.8. The van der Waals surface area contributed by atoms with Gasteiger partial charge in [-0.1, -0.05) is 66.5 Å². The van der Waals surface area contributed by atoms with Crippen molar-refractivity contribution in [3.8, 4) is 22.5 Å². The fourth-order valence-electron chi connectivity index (χ4n) is 14.4. The summed E-state index contributed by atoms with van der Waals surface area (Å²) in [6, 6.07) is 22.1. The number of halogens is 4. The molecule has 0 bridgehead atoms. The molecule has 0 radical (unpaired) electrons. The highest BCUT2D eigenvalue weighted by Crippen LogP contribution is 2.40. The second-order valence-corrected chi connectivity index (χ2v) is 28.8. The van der Waals surface area contributed by atoms with Crippen molar-refractivity contribution in [2.75, 3.05) is 135 Å². The number of anilines is 2. The molecule has 105 heavy (non-hydrogen) atoms. The third-order valence-corrected chi connectivity index (χ3v) is 21.7. The van der Waals surface area contributed by atoms with Gasteiger partial charge in [-0.25, -0.2) is 47.9 Å². The fourth-order valence-corrected chi connectivity index (χ4v) is 16.1. The number of aliphatic hydroxyl groups is 1. The molecule has 32 heteroatoms. The number of carbonyl (C=O) groups excluding carboxylic acids is 4. The molecule has 8 aromatic rings. The summed E-state index contributed by atoms with van der Waals surface area (Å²) in [5.41, 5.74) is 8.10. The van der Waals surface area contributed by atoms with Crippen LogP contribution in [0.1, 0.15) is 58.2 Å². The number of rotatable bonds is 22. The molecule has 0 unspecified atom stereocenters. The number of imidazole rings is 2. The normalized spacial score (nSPS) is 20.2. The van der Waals surface area contributed by atoms with E-state index in [2.05, 4.69) is 67.1 Å². The summed E-state index contributed by atoms with van der Waals surface area (Å²) < 4.78 is 44.0. The minimum Gasteiger partial charge on any atom is -0.466 e. The van der Waals surface area contributed by atoms with Gasteiger partial charge in [0.05, 0.1) is 94.1 Å². The smallest absolute Gasteiger partial charge is 0.338 e. The summed E-state index contributed by atoms with van der Waals surface area (Å²) in [6.45, 7) is 13.5. The maximum Gasteiger partial charge on any atom is 0.338 e. The predicted octanol–water partition coefficient (Wildman–Crippen LogP) is 8.98. The van der Waals surface area contributed by atoms with Crippen LogP contribution in [0.4, 0.5) is 29.7 Å². The van der Waals surface area contributed by atoms with Gasteiger partial charge in [-0.2, -0.15) is 0 Å². The van der Waals surface area contributed by atoms with E-state index < -0.39 is 35.7 Å². The Morgan fingerprint density at radius 1 is 0.610 bits per heavy atom. The Bertz CT molecular complexity index is 4590. The lowest BCUT2D eigenvalue weighted by Gasteiger charge is -2.38. The molecule has 5 saturated heterocycles. The lowest BCUT2D eigenvalue weighted by atomic mass is 9.95. The van der Waals surface area contributed by atoms with E-state index in [0.29, 0.717) is 123 Å². The van der Waals surface area contributed by atoms with E-state index in [0.717, 1.165) is 91.4 Å². The number of amidine groups is 2. The molecule has 4 aromatic carbocycles. The highest BCUT2D eigenvalue weighted by atomic mass is 35.5. The Labute approximate surface area is 622 Å². The van der Waals surface area contributed by atoms with Gasteiger partial charge < -0.3 is 49.7 Å². The number of urea groups is 2. The number of carbonyl (C=O) groups is 4. The van der Waals surface area contributed by atoms with Gasteiger partial charge in [0.2, 0.25) is 0 Å². The van der Waals surface area contributed by atoms with Crippen LogP contribution in [-0.2, 0) is 36.9 Å². The molecule has 15 rings (SSSR count). The van der Waals surface area contributed by atoms with Crippen molar-refractivity contribution < 1.29 is 47.3 Å². The minimum atomic E-state index is -0.853. The van der Waals surface area contributed by atoms with Gasteiger partial charge in [0, 0.05) is 152 Å². The average molecular weight is 1510 g/mol. The SMILES string of the molecule is CCCN(CCO)Cc1ncc(-c2ccc(N3C[C@@H]4CN(CC5=C(C(=O)OC)[C@H](c6ccc(F)cc6Cl)N=C(c6nccs6)N5)CCN4C3=O)cc2)[nH]1.COC(=O)C1=C(CN2CCN3C(=O)N(c4ccc(-c5cnc(CN6CCOCC6)[nH]5)cc4)C[C@@H]3C2)NC(c2nccs2)=N[C@H]1c1ccc(F)cc1Cl. The Morgan fingerprint density at radius 2 is 1.09 bits per heavy atom. The number of morpholine rings is 1. The first-order valence-corrected chi connectivity index (χ1v) is 37.2. The maximum atomic E-state index is 14.1. The largest absolute Gasteiger partial charge is 0.466 e. The van der Waals surface area contributed by atoms with Gasteiger partial charge in [0.15, 0.2) is 21.7 Å². The molecule has 26 nitrogen and oxygen atoms in total. The van der Waals surface area contributed by atoms with E-state index in [1.807, 2.05) is 91.3 Å². The summed E-state index contributed by atoms with van der Waals surface area (Å²) in [5, 5.41) is 21.4. The Kier molecular flexibility index (Phi) is 22.5. The number of aliphatic imine (C=N–C) groups is 2. The number of piperazine rings is 2. The van der Waals surface area contributed by atoms with Crippen molar-refractivity contribution in [2.45, 2.75) is 50.6 Å². The monoisotopic (exact) mass is 1510 g/mol. The molecule has 4 atom stereocenters. The van der Waals surface area contributed by atoms with Crippen molar-refractivity contribution in [3.63, 3.8) is 0 Å². The van der Waals surface area contributed by atoms with E-state index in [9.17, 15) is 33.1 Å². The number of thiazole rings is 2. The molecule has 0 saturated carbocycles. The van der Waals surface area contributed by atoms with Crippen LogP contribution in [0, 0.1) is 11.6 Å². The number of aliphatic hydroxyl groups excluding tert-OH is 1. The van der Waals surface area contributed by atoms with E-state index in [4.69, 9.17) is 47.4 Å². The molecule has 5 N–H and O–H groups in total. The number of nitrogens with zero attached hydrogens (tertiary/aromatic N) is 14. The van der Waals surface area contributed by atoms with E-state index in [1.54, 1.807) is 18.5 Å². The second-order valence-electron chi connectivity index (χ2n) is 26.2. The lowest BCUT2D eigenvalue weighted by Crippen LogP contribution is -2.53. The minimum absolute atomic E-state index is 0.0267. The van der Waals surface area contributed by atoms with Crippen molar-refractivity contribution in [3.05, 3.63) is 197 Å². The molecule has 7 aliphatic heterocycles. The lowest BCUT2D eigenvalue weighted by molar-refractivity contribution is -0.137. The van der Waals surface area contributed by atoms with Crippen LogP contribution in [0.15, 0.2) is 153 Å². The molecular weight excluding hydrogens is 1430 g/mol. The molecule has 5 fully saturated rings. The zero-order valence-electron chi connectivity index (χ0n) is 57.9. The molecular formula is C73H78Cl2F2N18O8S2. The van der Waals surface area contributed by atoms with Crippen molar-refractivity contribution >= 4 is 92.9 Å². The molecule has 548 valence electrons. The van der Waals surface area contributed by atoms with E-state index >= 15 is 0 Å². The van der Waals surface area contributed by atoms with Gasteiger partial charge in [-0.3, -0.25) is 39.4 Å². The average Bonchev–Trinajstić information content (AvgIpc) is 1.29. The van der Waals surface area contributed by atoms with Gasteiger partial charge in [0.25, 0.3) is 0 Å². The third kappa shape index (κ3) is 16.1. The highest BCUT2D eigenvalue weighted by molar-refractivity contribution is 7.12. The number of amides is 4. The fraction of sp³-hybridized carbons (Fsp3) is 0.370. The molecule has 4 amide bonds. The van der Waals surface area contributed by atoms with Gasteiger partial charge >= 0.3 is 24.0 Å². The van der Waals surface area contributed by atoms with E-state index in [1.165, 1.54) is 67.2 Å². The molecule has 11 heterocycles. The number of fused-ring (bicyclic) bond motifs is 2. The van der Waals surface area contributed by atoms with Gasteiger partial charge in [0.1, 0.15) is 35.4 Å². The van der Waals surface area contributed by atoms with Gasteiger partial charge in [-0.05, 0) is 72.6 Å². The van der Waals surface area contributed by atoms with Crippen molar-refractivity contribution in [2.24, 2.45) is 9.98 Å². The standard InChI is InChI=1S/C37H41ClFN9O4S.C36H37ClFN9O4S/c1-3-11-45(14-15-49)22-31-41-18-29(42-31)23-4-7-25(8-5-23)48-20-26-19-46(12-13-47(26)37(48)51)21-30-32(36(50)52-2)33(27-9-6-24(39)17-28(27)38)44-34(43-30)35-40-10-16-53-35;1-50-35(48)31-29(42-33(34-39-8-15-52-34)43-32(31)26-7-4-23(38)16-27(26)37)20-45-9-10-46-25(18-45)19-47(36(46)49)24-5-2-22(3-6-24)28-17-40-30(41-28)21-44-11-13-51-14-12-44/h4-10,16-18,26,33,49H,3,11-15,19-22H2,1-2H3,(H,41,42)(H,43,44);2-8,15-17,25,32H,9-14,18-21H2,1H3,(H,40,41)(H,42,43)/t26-,33-;25-,32-/m00/s1. The number of aromatic nitrogens is 6. The number of aromatic amines is 2. The topological polar surface area (TPSA) is 274 Å². The predicted molar refractivity (Wildman–Crippen MR) is 396 cm³/mol. The first kappa shape index (κ1) is 72.6. The van der Waals surface area contributed by atoms with Crippen LogP contribution < -0.4 is 20.4 Å². The second kappa shape index (κ2) is 32.6. The van der Waals surface area contributed by atoms with Crippen LogP contribution >= 0.6 is 45.9 Å². The first-order valence-electron chi connectivity index (χ1n) is 34.7. The summed E-state index contributed by atoms with van der Waals surface area (Å²) >= 11 is 15.8. The number of H-pyrrole nitrogens is 2. The van der Waals surface area contributed by atoms with Crippen LogP contribution in [-0.4, -0.2) is 238 Å². The number of hydrogen-bond donors (Lipinski definition) is 5. The maximum absolute atomic E-state index is 14.1. The first-order chi connectivity index (χ1) is 51.1. The number of ether oxygens (including phenoxy) is 3. The Morgan fingerprint density at radius 3 is 1.52 bits per heavy atom. The Balaban J connectivity index is 0.000000177. The van der Waals surface area contributed by atoms with Crippen LogP contribution in [0.5, 0.6) is 0 Å². The third-order valence-electron chi connectivity index (χ3n) is 19.5. The van der Waals surface area contributed by atoms with E-state index in [-0.39, 0.29) is 51.9 Å². The van der Waals surface area contributed by atoms with Crippen molar-refractivity contribution in [1.29, 1.82) is 0 Å². The summed E-state index contributed by atoms with van der Waals surface area (Å²) in [7, 11) is 2.63. The number of esters is 2. The number of nitrogens with one attached hydrogen (secondary N) is 4.